The first kappa shape index (κ1) is 18.4. The maximum atomic E-state index is 12.9. The number of carbonyl (C=O) groups is 1. The maximum absolute atomic E-state index is 12.9. The molecule has 0 aliphatic rings. The molecule has 8 heteroatoms. The van der Waals surface area contributed by atoms with Crippen LogP contribution in [0.4, 0.5) is 5.69 Å². The minimum absolute atomic E-state index is 0.0388. The highest BCUT2D eigenvalue weighted by atomic mass is 16.5. The molecule has 3 aromatic rings. The third kappa shape index (κ3) is 4.22. The normalized spacial score (nSPS) is 11.8. The molecule has 3 rings (SSSR count). The van der Waals surface area contributed by atoms with E-state index in [0.717, 1.165) is 16.7 Å². The molecule has 140 valence electrons. The number of tetrazole rings is 1. The second-order valence-electron chi connectivity index (χ2n) is 6.32. The molecular weight excluding hydrogens is 346 g/mol. The molecule has 3 N–H and O–H groups in total. The molecule has 0 saturated carbocycles. The fourth-order valence-corrected chi connectivity index (χ4v) is 2.75. The molecule has 1 atom stereocenters. The van der Waals surface area contributed by atoms with Crippen LogP contribution in [0.1, 0.15) is 28.4 Å². The van der Waals surface area contributed by atoms with E-state index in [9.17, 15) is 9.90 Å². The molecule has 1 unspecified atom stereocenters. The van der Waals surface area contributed by atoms with Gasteiger partial charge in [0, 0.05) is 5.69 Å². The number of aromatic amines is 1. The number of hydrogen-bond acceptors (Lipinski definition) is 6. The Bertz CT molecular complexity index is 941. The lowest BCUT2D eigenvalue weighted by Gasteiger charge is -2.15. The number of ether oxygens (including phenoxy) is 1. The molecule has 0 aliphatic carbocycles. The molecule has 1 heterocycles. The van der Waals surface area contributed by atoms with E-state index < -0.39 is 5.92 Å². The molecule has 0 spiro atoms. The number of benzene rings is 2. The lowest BCUT2D eigenvalue weighted by Crippen LogP contribution is -2.24. The van der Waals surface area contributed by atoms with Gasteiger partial charge in [-0.2, -0.15) is 5.21 Å². The Kier molecular flexibility index (Phi) is 5.35. The Morgan fingerprint density at radius 2 is 2.04 bits per heavy atom. The predicted molar refractivity (Wildman–Crippen MR) is 99.8 cm³/mol. The fourth-order valence-electron chi connectivity index (χ4n) is 2.75. The summed E-state index contributed by atoms with van der Waals surface area (Å²) in [5.74, 6) is -0.222. The number of hydrogen-bond donors (Lipinski definition) is 3. The molecular formula is C19H21N5O3. The molecule has 0 saturated heterocycles. The molecule has 0 aliphatic heterocycles. The van der Waals surface area contributed by atoms with Gasteiger partial charge in [0.05, 0.1) is 7.11 Å². The van der Waals surface area contributed by atoms with Crippen molar-refractivity contribution >= 4 is 11.6 Å². The van der Waals surface area contributed by atoms with E-state index in [2.05, 4.69) is 25.9 Å². The standard InChI is InChI=1S/C19H21N5O3/c1-11-4-6-14(8-12(11)2)20-19(26)15(18-21-23-24-22-18)9-13-5-7-16(25)17(10-13)27-3/h4-8,10,15,25H,9H2,1-3H3,(H,20,26)(H,21,22,23,24). The van der Waals surface area contributed by atoms with Gasteiger partial charge in [-0.15, -0.1) is 10.2 Å². The van der Waals surface area contributed by atoms with Crippen LogP contribution in [0.3, 0.4) is 0 Å². The predicted octanol–water partition coefficient (Wildman–Crippen LogP) is 2.50. The molecule has 0 fully saturated rings. The summed E-state index contributed by atoms with van der Waals surface area (Å²) in [6.45, 7) is 4.01. The smallest absolute Gasteiger partial charge is 0.235 e. The average molecular weight is 367 g/mol. The fraction of sp³-hybridized carbons (Fsp3) is 0.263. The summed E-state index contributed by atoms with van der Waals surface area (Å²) < 4.78 is 5.14. The molecule has 2 aromatic carbocycles. The highest BCUT2D eigenvalue weighted by Crippen LogP contribution is 2.29. The van der Waals surface area contributed by atoms with Crippen LogP contribution in [-0.4, -0.2) is 38.7 Å². The van der Waals surface area contributed by atoms with Crippen molar-refractivity contribution in [1.82, 2.24) is 20.6 Å². The van der Waals surface area contributed by atoms with Crippen molar-refractivity contribution < 1.29 is 14.6 Å². The minimum Gasteiger partial charge on any atom is -0.504 e. The van der Waals surface area contributed by atoms with E-state index >= 15 is 0 Å². The number of aryl methyl sites for hydroxylation is 2. The number of anilines is 1. The van der Waals surface area contributed by atoms with Gasteiger partial charge in [0.2, 0.25) is 5.91 Å². The van der Waals surface area contributed by atoms with E-state index in [-0.39, 0.29) is 11.7 Å². The zero-order valence-corrected chi connectivity index (χ0v) is 15.4. The number of rotatable bonds is 6. The Morgan fingerprint density at radius 1 is 1.22 bits per heavy atom. The Labute approximate surface area is 156 Å². The van der Waals surface area contributed by atoms with E-state index in [1.54, 1.807) is 12.1 Å². The van der Waals surface area contributed by atoms with Crippen LogP contribution in [0.5, 0.6) is 11.5 Å². The number of phenols is 1. The zero-order chi connectivity index (χ0) is 19.4. The quantitative estimate of drug-likeness (QED) is 0.617. The maximum Gasteiger partial charge on any atom is 0.235 e. The van der Waals surface area contributed by atoms with E-state index in [1.807, 2.05) is 32.0 Å². The molecule has 8 nitrogen and oxygen atoms in total. The SMILES string of the molecule is COc1cc(CC(C(=O)Nc2ccc(C)c(C)c2)c2nn[nH]n2)ccc1O. The Morgan fingerprint density at radius 3 is 2.70 bits per heavy atom. The van der Waals surface area contributed by atoms with E-state index in [0.29, 0.717) is 23.7 Å². The van der Waals surface area contributed by atoms with Crippen LogP contribution in [0.2, 0.25) is 0 Å². The first-order chi connectivity index (χ1) is 13.0. The van der Waals surface area contributed by atoms with Gasteiger partial charge in [0.15, 0.2) is 17.3 Å². The highest BCUT2D eigenvalue weighted by molar-refractivity contribution is 5.95. The molecule has 0 radical (unpaired) electrons. The second-order valence-corrected chi connectivity index (χ2v) is 6.32. The largest absolute Gasteiger partial charge is 0.504 e. The average Bonchev–Trinajstić information content (AvgIpc) is 3.18. The summed E-state index contributed by atoms with van der Waals surface area (Å²) in [5, 5.41) is 26.6. The number of phenolic OH excluding ortho intramolecular Hbond substituents is 1. The Hall–Kier alpha value is -3.42. The van der Waals surface area contributed by atoms with Gasteiger partial charge in [0.25, 0.3) is 0 Å². The monoisotopic (exact) mass is 367 g/mol. The number of nitrogens with one attached hydrogen (secondary N) is 2. The summed E-state index contributed by atoms with van der Waals surface area (Å²) in [6.07, 6.45) is 0.326. The lowest BCUT2D eigenvalue weighted by atomic mass is 9.97. The van der Waals surface area contributed by atoms with Crippen molar-refractivity contribution in [2.24, 2.45) is 0 Å². The highest BCUT2D eigenvalue weighted by Gasteiger charge is 2.26. The number of amides is 1. The number of carbonyl (C=O) groups excluding carboxylic acids is 1. The van der Waals surface area contributed by atoms with Crippen LogP contribution in [0, 0.1) is 13.8 Å². The molecule has 27 heavy (non-hydrogen) atoms. The van der Waals surface area contributed by atoms with Gasteiger partial charge in [-0.3, -0.25) is 4.79 Å². The number of nitrogens with zero attached hydrogens (tertiary/aromatic N) is 3. The lowest BCUT2D eigenvalue weighted by molar-refractivity contribution is -0.117. The van der Waals surface area contributed by atoms with Gasteiger partial charge in [0.1, 0.15) is 5.92 Å². The first-order valence-electron chi connectivity index (χ1n) is 8.45. The van der Waals surface area contributed by atoms with Gasteiger partial charge in [-0.25, -0.2) is 0 Å². The van der Waals surface area contributed by atoms with Crippen molar-refractivity contribution in [3.63, 3.8) is 0 Å². The van der Waals surface area contributed by atoms with Gasteiger partial charge < -0.3 is 15.2 Å². The summed E-state index contributed by atoms with van der Waals surface area (Å²) in [6, 6.07) is 10.7. The van der Waals surface area contributed by atoms with Crippen LogP contribution < -0.4 is 10.1 Å². The topological polar surface area (TPSA) is 113 Å². The van der Waals surface area contributed by atoms with Gasteiger partial charge in [-0.1, -0.05) is 17.3 Å². The number of H-pyrrole nitrogens is 1. The van der Waals surface area contributed by atoms with E-state index in [4.69, 9.17) is 4.74 Å². The van der Waals surface area contributed by atoms with Crippen LogP contribution in [0.15, 0.2) is 36.4 Å². The van der Waals surface area contributed by atoms with E-state index in [1.165, 1.54) is 13.2 Å². The third-order valence-electron chi connectivity index (χ3n) is 4.45. The van der Waals surface area contributed by atoms with Crippen LogP contribution >= 0.6 is 0 Å². The van der Waals surface area contributed by atoms with Crippen molar-refractivity contribution in [3.8, 4) is 11.5 Å². The summed E-state index contributed by atoms with van der Waals surface area (Å²) >= 11 is 0. The third-order valence-corrected chi connectivity index (χ3v) is 4.45. The Balaban J connectivity index is 1.85. The van der Waals surface area contributed by atoms with Crippen molar-refractivity contribution in [2.45, 2.75) is 26.2 Å². The first-order valence-corrected chi connectivity index (χ1v) is 8.45. The summed E-state index contributed by atoms with van der Waals surface area (Å²) in [7, 11) is 1.47. The number of aromatic hydroxyl groups is 1. The molecule has 0 bridgehead atoms. The summed E-state index contributed by atoms with van der Waals surface area (Å²) in [5.41, 5.74) is 3.75. The molecule has 1 amide bonds. The van der Waals surface area contributed by atoms with Crippen molar-refractivity contribution in [2.75, 3.05) is 12.4 Å². The summed E-state index contributed by atoms with van der Waals surface area (Å²) in [4.78, 5) is 12.9. The van der Waals surface area contributed by atoms with Crippen molar-refractivity contribution in [1.29, 1.82) is 0 Å². The van der Waals surface area contributed by atoms with Gasteiger partial charge in [-0.05, 0) is 61.2 Å². The minimum atomic E-state index is -0.653. The number of methoxy groups -OCH3 is 1. The van der Waals surface area contributed by atoms with Crippen molar-refractivity contribution in [3.05, 3.63) is 58.9 Å². The zero-order valence-electron chi connectivity index (χ0n) is 15.4. The second kappa shape index (κ2) is 7.86. The van der Waals surface area contributed by atoms with Crippen LogP contribution in [0.25, 0.3) is 0 Å². The van der Waals surface area contributed by atoms with Crippen LogP contribution in [-0.2, 0) is 11.2 Å². The van der Waals surface area contributed by atoms with Gasteiger partial charge >= 0.3 is 0 Å². The molecule has 1 aromatic heterocycles. The number of aromatic nitrogens is 4.